The van der Waals surface area contributed by atoms with Crippen molar-refractivity contribution in [2.75, 3.05) is 13.1 Å². The largest absolute Gasteiger partial charge is 0.372 e. The number of carbonyl (C=O) groups is 2. The van der Waals surface area contributed by atoms with Crippen molar-refractivity contribution in [1.29, 1.82) is 0 Å². The van der Waals surface area contributed by atoms with Crippen molar-refractivity contribution in [3.05, 3.63) is 87.2 Å². The van der Waals surface area contributed by atoms with Gasteiger partial charge in [-0.3, -0.25) is 9.59 Å². The Bertz CT molecular complexity index is 1190. The van der Waals surface area contributed by atoms with E-state index in [1.165, 1.54) is 5.56 Å². The average Bonchev–Trinajstić information content (AvgIpc) is 3.10. The zero-order chi connectivity index (χ0) is 25.1. The second-order valence-corrected chi connectivity index (χ2v) is 9.60. The minimum Gasteiger partial charge on any atom is -0.372 e. The first-order chi connectivity index (χ1) is 16.7. The van der Waals surface area contributed by atoms with E-state index in [4.69, 9.17) is 16.3 Å². The molecule has 2 atom stereocenters. The van der Waals surface area contributed by atoms with Crippen LogP contribution in [0, 0.1) is 13.8 Å². The molecular formula is C27H31ClN4O3. The maximum absolute atomic E-state index is 12.9. The first-order valence-corrected chi connectivity index (χ1v) is 12.2. The number of aryl methyl sites for hydroxylation is 2. The first-order valence-electron chi connectivity index (χ1n) is 11.8. The smallest absolute Gasteiger partial charge is 0.256 e. The van der Waals surface area contributed by atoms with Gasteiger partial charge >= 0.3 is 0 Å². The van der Waals surface area contributed by atoms with E-state index in [0.29, 0.717) is 48.2 Å². The molecule has 1 aliphatic heterocycles. The fraction of sp³-hybridized carbons (Fsp3) is 0.370. The highest BCUT2D eigenvalue weighted by Gasteiger charge is 2.26. The maximum atomic E-state index is 12.9. The zero-order valence-electron chi connectivity index (χ0n) is 20.5. The number of hydrogen-bond donors (Lipinski definition) is 1. The molecule has 2 heterocycles. The van der Waals surface area contributed by atoms with Crippen LogP contribution in [0.5, 0.6) is 0 Å². The molecule has 2 aromatic carbocycles. The number of aromatic nitrogens is 2. The number of amides is 2. The molecule has 0 bridgehead atoms. The van der Waals surface area contributed by atoms with Crippen LogP contribution in [-0.4, -0.2) is 51.8 Å². The molecule has 1 aromatic heterocycles. The number of nitrogens with one attached hydrogen (secondary N) is 1. The summed E-state index contributed by atoms with van der Waals surface area (Å²) in [7, 11) is 0. The molecule has 1 N–H and O–H groups in total. The van der Waals surface area contributed by atoms with Gasteiger partial charge in [-0.2, -0.15) is 5.10 Å². The highest BCUT2D eigenvalue weighted by Crippen LogP contribution is 2.21. The lowest BCUT2D eigenvalue weighted by atomic mass is 10.1. The summed E-state index contributed by atoms with van der Waals surface area (Å²) in [5, 5.41) is 7.69. The van der Waals surface area contributed by atoms with E-state index in [1.807, 2.05) is 62.1 Å². The van der Waals surface area contributed by atoms with Gasteiger partial charge in [0, 0.05) is 25.2 Å². The highest BCUT2D eigenvalue weighted by atomic mass is 35.5. The van der Waals surface area contributed by atoms with Crippen molar-refractivity contribution >= 4 is 23.4 Å². The van der Waals surface area contributed by atoms with Gasteiger partial charge in [-0.25, -0.2) is 4.68 Å². The summed E-state index contributed by atoms with van der Waals surface area (Å²) in [5.74, 6) is -0.287. The van der Waals surface area contributed by atoms with Crippen molar-refractivity contribution in [1.82, 2.24) is 20.0 Å². The first kappa shape index (κ1) is 24.9. The van der Waals surface area contributed by atoms with Gasteiger partial charge in [0.2, 0.25) is 0 Å². The SMILES string of the molecule is Cc1ccc(Cn2nc(C)c(C(=O)NCc3ccc(C(=O)N4CC(C)OC(C)C4)cc3)c2Cl)cc1. The minimum atomic E-state index is -0.279. The summed E-state index contributed by atoms with van der Waals surface area (Å²) in [5.41, 5.74) is 4.70. The quantitative estimate of drug-likeness (QED) is 0.551. The Balaban J connectivity index is 1.37. The Labute approximate surface area is 211 Å². The van der Waals surface area contributed by atoms with Crippen LogP contribution in [0.15, 0.2) is 48.5 Å². The van der Waals surface area contributed by atoms with Crippen LogP contribution in [0.2, 0.25) is 5.15 Å². The molecule has 2 unspecified atom stereocenters. The lowest BCUT2D eigenvalue weighted by molar-refractivity contribution is -0.0586. The van der Waals surface area contributed by atoms with Crippen LogP contribution in [-0.2, 0) is 17.8 Å². The summed E-state index contributed by atoms with van der Waals surface area (Å²) in [6.07, 6.45) is 0.0439. The Kier molecular flexibility index (Phi) is 7.57. The summed E-state index contributed by atoms with van der Waals surface area (Å²) >= 11 is 6.53. The van der Waals surface area contributed by atoms with Crippen molar-refractivity contribution in [3.8, 4) is 0 Å². The molecule has 1 fully saturated rings. The van der Waals surface area contributed by atoms with Crippen molar-refractivity contribution < 1.29 is 14.3 Å². The topological polar surface area (TPSA) is 76.5 Å². The molecule has 8 heteroatoms. The molecule has 0 radical (unpaired) electrons. The second-order valence-electron chi connectivity index (χ2n) is 9.24. The number of nitrogens with zero attached hydrogens (tertiary/aromatic N) is 3. The standard InChI is InChI=1S/C27H31ClN4O3/c1-17-5-7-22(8-6-17)16-32-25(28)24(20(4)30-32)26(33)29-13-21-9-11-23(12-10-21)27(34)31-14-18(2)35-19(3)15-31/h5-12,18-19H,13-16H2,1-4H3,(H,29,33). The highest BCUT2D eigenvalue weighted by molar-refractivity contribution is 6.33. The normalized spacial score (nSPS) is 17.9. The Hall–Kier alpha value is -3.16. The third-order valence-corrected chi connectivity index (χ3v) is 6.49. The number of ether oxygens (including phenoxy) is 1. The van der Waals surface area contributed by atoms with E-state index in [-0.39, 0.29) is 24.0 Å². The Morgan fingerprint density at radius 2 is 1.60 bits per heavy atom. The fourth-order valence-corrected chi connectivity index (χ4v) is 4.66. The van der Waals surface area contributed by atoms with Gasteiger partial charge in [-0.15, -0.1) is 0 Å². The van der Waals surface area contributed by atoms with Gasteiger partial charge in [0.1, 0.15) is 5.15 Å². The Morgan fingerprint density at radius 3 is 2.23 bits per heavy atom. The molecule has 184 valence electrons. The van der Waals surface area contributed by atoms with Crippen molar-refractivity contribution in [2.45, 2.75) is 53.0 Å². The summed E-state index contributed by atoms with van der Waals surface area (Å²) in [4.78, 5) is 27.6. The zero-order valence-corrected chi connectivity index (χ0v) is 21.3. The fourth-order valence-electron chi connectivity index (χ4n) is 4.34. The molecule has 1 saturated heterocycles. The molecule has 0 aliphatic carbocycles. The molecule has 1 aliphatic rings. The molecule has 3 aromatic rings. The molecule has 0 spiro atoms. The molecule has 0 saturated carbocycles. The lowest BCUT2D eigenvalue weighted by Crippen LogP contribution is -2.48. The minimum absolute atomic E-state index is 0.00835. The Morgan fingerprint density at radius 1 is 1.00 bits per heavy atom. The number of rotatable bonds is 6. The van der Waals surface area contributed by atoms with E-state index < -0.39 is 0 Å². The predicted octanol–water partition coefficient (Wildman–Crippen LogP) is 4.38. The third kappa shape index (κ3) is 5.92. The maximum Gasteiger partial charge on any atom is 0.256 e. The van der Waals surface area contributed by atoms with Gasteiger partial charge in [-0.1, -0.05) is 53.6 Å². The van der Waals surface area contributed by atoms with Crippen molar-refractivity contribution in [3.63, 3.8) is 0 Å². The summed E-state index contributed by atoms with van der Waals surface area (Å²) in [6.45, 7) is 9.73. The monoisotopic (exact) mass is 494 g/mol. The van der Waals surface area contributed by atoms with Gasteiger partial charge in [0.25, 0.3) is 11.8 Å². The van der Waals surface area contributed by atoms with Gasteiger partial charge in [-0.05, 0) is 51.0 Å². The van der Waals surface area contributed by atoms with E-state index in [2.05, 4.69) is 10.4 Å². The molecule has 2 amide bonds. The van der Waals surface area contributed by atoms with E-state index >= 15 is 0 Å². The average molecular weight is 495 g/mol. The molecular weight excluding hydrogens is 464 g/mol. The molecule has 35 heavy (non-hydrogen) atoms. The molecule has 7 nitrogen and oxygen atoms in total. The van der Waals surface area contributed by atoms with Crippen LogP contribution in [0.25, 0.3) is 0 Å². The van der Waals surface area contributed by atoms with E-state index in [9.17, 15) is 9.59 Å². The van der Waals surface area contributed by atoms with Gasteiger partial charge in [0.15, 0.2) is 0 Å². The molecule has 4 rings (SSSR count). The second kappa shape index (κ2) is 10.6. The lowest BCUT2D eigenvalue weighted by Gasteiger charge is -2.35. The number of morpholine rings is 1. The predicted molar refractivity (Wildman–Crippen MR) is 136 cm³/mol. The van der Waals surface area contributed by atoms with Crippen LogP contribution >= 0.6 is 11.6 Å². The van der Waals surface area contributed by atoms with Crippen molar-refractivity contribution in [2.24, 2.45) is 0 Å². The van der Waals surface area contributed by atoms with Gasteiger partial charge < -0.3 is 15.0 Å². The summed E-state index contributed by atoms with van der Waals surface area (Å²) < 4.78 is 7.36. The number of benzene rings is 2. The number of hydrogen-bond acceptors (Lipinski definition) is 4. The number of carbonyl (C=O) groups excluding carboxylic acids is 2. The van der Waals surface area contributed by atoms with Crippen LogP contribution < -0.4 is 5.32 Å². The summed E-state index contributed by atoms with van der Waals surface area (Å²) in [6, 6.07) is 15.4. The van der Waals surface area contributed by atoms with Gasteiger partial charge in [0.05, 0.1) is 30.0 Å². The van der Waals surface area contributed by atoms with Crippen LogP contribution in [0.1, 0.15) is 56.9 Å². The number of halogens is 1. The van der Waals surface area contributed by atoms with Crippen LogP contribution in [0.3, 0.4) is 0 Å². The van der Waals surface area contributed by atoms with E-state index in [0.717, 1.165) is 11.1 Å². The van der Waals surface area contributed by atoms with E-state index in [1.54, 1.807) is 23.7 Å². The third-order valence-electron chi connectivity index (χ3n) is 6.11. The van der Waals surface area contributed by atoms with Crippen LogP contribution in [0.4, 0.5) is 0 Å².